The number of rotatable bonds is 7. The zero-order chi connectivity index (χ0) is 14.5. The maximum atomic E-state index is 10.7. The first-order chi connectivity index (χ1) is 9.56. The third kappa shape index (κ3) is 3.55. The van der Waals surface area contributed by atoms with E-state index in [9.17, 15) is 9.59 Å². The van der Waals surface area contributed by atoms with Crippen LogP contribution in [0.5, 0.6) is 0 Å². The van der Waals surface area contributed by atoms with E-state index in [2.05, 4.69) is 5.10 Å². The SMILES string of the molecule is O=C(O)CN(CCn1ncc2ccccc21)CC(=O)O. The summed E-state index contributed by atoms with van der Waals surface area (Å²) in [5.74, 6) is -2.09. The Balaban J connectivity index is 2.04. The van der Waals surface area contributed by atoms with Gasteiger partial charge in [-0.15, -0.1) is 0 Å². The number of aliphatic carboxylic acids is 2. The summed E-state index contributed by atoms with van der Waals surface area (Å²) in [6.45, 7) is 0.148. The minimum Gasteiger partial charge on any atom is -0.480 e. The number of carboxylic acid groups (broad SMARTS) is 2. The molecular weight excluding hydrogens is 262 g/mol. The average molecular weight is 277 g/mol. The highest BCUT2D eigenvalue weighted by Crippen LogP contribution is 2.12. The van der Waals surface area contributed by atoms with Gasteiger partial charge in [-0.2, -0.15) is 5.10 Å². The molecule has 1 aromatic heterocycles. The van der Waals surface area contributed by atoms with Crippen LogP contribution in [0.1, 0.15) is 0 Å². The molecule has 2 N–H and O–H groups in total. The van der Waals surface area contributed by atoms with Gasteiger partial charge >= 0.3 is 11.9 Å². The fourth-order valence-electron chi connectivity index (χ4n) is 2.04. The molecule has 0 aliphatic heterocycles. The summed E-state index contributed by atoms with van der Waals surface area (Å²) in [5, 5.41) is 22.8. The number of benzene rings is 1. The van der Waals surface area contributed by atoms with Crippen LogP contribution in [0, 0.1) is 0 Å². The summed E-state index contributed by atoms with van der Waals surface area (Å²) in [7, 11) is 0. The number of aromatic nitrogens is 2. The van der Waals surface area contributed by atoms with Crippen LogP contribution in [0.4, 0.5) is 0 Å². The molecule has 0 radical (unpaired) electrons. The smallest absolute Gasteiger partial charge is 0.317 e. The summed E-state index contributed by atoms with van der Waals surface area (Å²) in [6, 6.07) is 7.66. The molecule has 20 heavy (non-hydrogen) atoms. The van der Waals surface area contributed by atoms with Crippen molar-refractivity contribution in [3.63, 3.8) is 0 Å². The second kappa shape index (κ2) is 6.16. The molecule has 0 atom stereocenters. The number of fused-ring (bicyclic) bond motifs is 1. The normalized spacial score (nSPS) is 11.1. The first-order valence-electron chi connectivity index (χ1n) is 6.13. The van der Waals surface area contributed by atoms with Gasteiger partial charge in [0.25, 0.3) is 0 Å². The molecule has 0 amide bonds. The predicted molar refractivity (Wildman–Crippen MR) is 71.4 cm³/mol. The van der Waals surface area contributed by atoms with E-state index in [1.807, 2.05) is 24.3 Å². The Hall–Kier alpha value is -2.41. The summed E-state index contributed by atoms with van der Waals surface area (Å²) >= 11 is 0. The molecule has 1 aromatic carbocycles. The standard InChI is InChI=1S/C13H15N3O4/c17-12(18)8-15(9-13(19)20)5-6-16-11-4-2-1-3-10(11)7-14-16/h1-4,7H,5-6,8-9H2,(H,17,18)(H,19,20). The monoisotopic (exact) mass is 277 g/mol. The minimum atomic E-state index is -1.04. The number of carbonyl (C=O) groups is 2. The molecular formula is C13H15N3O4. The van der Waals surface area contributed by atoms with Crippen LogP contribution in [-0.2, 0) is 16.1 Å². The van der Waals surface area contributed by atoms with E-state index in [4.69, 9.17) is 10.2 Å². The topological polar surface area (TPSA) is 95.7 Å². The Kier molecular flexibility index (Phi) is 4.31. The van der Waals surface area contributed by atoms with E-state index in [0.717, 1.165) is 10.9 Å². The zero-order valence-electron chi connectivity index (χ0n) is 10.8. The van der Waals surface area contributed by atoms with Crippen molar-refractivity contribution in [3.8, 4) is 0 Å². The van der Waals surface area contributed by atoms with Crippen molar-refractivity contribution in [2.24, 2.45) is 0 Å². The molecule has 7 heteroatoms. The lowest BCUT2D eigenvalue weighted by Crippen LogP contribution is -2.36. The fraction of sp³-hybridized carbons (Fsp3) is 0.308. The molecule has 1 heterocycles. The second-order valence-corrected chi connectivity index (χ2v) is 4.42. The van der Waals surface area contributed by atoms with Gasteiger partial charge < -0.3 is 10.2 Å². The van der Waals surface area contributed by atoms with Crippen LogP contribution in [0.25, 0.3) is 10.9 Å². The van der Waals surface area contributed by atoms with Crippen molar-refractivity contribution in [2.75, 3.05) is 19.6 Å². The van der Waals surface area contributed by atoms with Gasteiger partial charge in [-0.1, -0.05) is 18.2 Å². The highest BCUT2D eigenvalue weighted by atomic mass is 16.4. The Bertz CT molecular complexity index is 607. The summed E-state index contributed by atoms with van der Waals surface area (Å²) in [5.41, 5.74) is 0.943. The highest BCUT2D eigenvalue weighted by Gasteiger charge is 2.13. The van der Waals surface area contributed by atoms with Gasteiger partial charge in [0.15, 0.2) is 0 Å². The summed E-state index contributed by atoms with van der Waals surface area (Å²) < 4.78 is 1.74. The summed E-state index contributed by atoms with van der Waals surface area (Å²) in [4.78, 5) is 22.8. The van der Waals surface area contributed by atoms with Crippen LogP contribution < -0.4 is 0 Å². The Morgan fingerprint density at radius 2 is 1.80 bits per heavy atom. The van der Waals surface area contributed by atoms with E-state index in [1.165, 1.54) is 4.90 Å². The van der Waals surface area contributed by atoms with E-state index in [1.54, 1.807) is 10.9 Å². The number of hydrogen-bond donors (Lipinski definition) is 2. The minimum absolute atomic E-state index is 0.300. The third-order valence-electron chi connectivity index (χ3n) is 2.90. The third-order valence-corrected chi connectivity index (χ3v) is 2.90. The van der Waals surface area contributed by atoms with Crippen LogP contribution in [-0.4, -0.2) is 56.5 Å². The van der Waals surface area contributed by atoms with Crippen LogP contribution in [0.3, 0.4) is 0 Å². The first kappa shape index (κ1) is 14.0. The van der Waals surface area contributed by atoms with E-state index in [-0.39, 0.29) is 13.1 Å². The molecule has 0 saturated heterocycles. The lowest BCUT2D eigenvalue weighted by atomic mass is 10.2. The number of nitrogens with zero attached hydrogens (tertiary/aromatic N) is 3. The maximum absolute atomic E-state index is 10.7. The van der Waals surface area contributed by atoms with Gasteiger partial charge in [-0.05, 0) is 6.07 Å². The maximum Gasteiger partial charge on any atom is 0.317 e. The first-order valence-corrected chi connectivity index (χ1v) is 6.13. The van der Waals surface area contributed by atoms with E-state index >= 15 is 0 Å². The molecule has 0 bridgehead atoms. The number of carboxylic acids is 2. The molecule has 106 valence electrons. The van der Waals surface area contributed by atoms with Gasteiger partial charge in [0, 0.05) is 11.9 Å². The molecule has 0 fully saturated rings. The molecule has 7 nitrogen and oxygen atoms in total. The Labute approximate surface area is 115 Å². The van der Waals surface area contributed by atoms with Crippen molar-refractivity contribution >= 4 is 22.8 Å². The van der Waals surface area contributed by atoms with E-state index in [0.29, 0.717) is 13.1 Å². The number of para-hydroxylation sites is 1. The van der Waals surface area contributed by atoms with Crippen molar-refractivity contribution in [1.29, 1.82) is 0 Å². The van der Waals surface area contributed by atoms with Crippen molar-refractivity contribution in [2.45, 2.75) is 6.54 Å². The number of hydrogen-bond acceptors (Lipinski definition) is 4. The summed E-state index contributed by atoms with van der Waals surface area (Å²) in [6.07, 6.45) is 1.73. The van der Waals surface area contributed by atoms with Gasteiger partial charge in [-0.3, -0.25) is 19.2 Å². The Morgan fingerprint density at radius 1 is 1.15 bits per heavy atom. The van der Waals surface area contributed by atoms with Gasteiger partial charge in [-0.25, -0.2) is 0 Å². The van der Waals surface area contributed by atoms with Crippen LogP contribution >= 0.6 is 0 Å². The van der Waals surface area contributed by atoms with E-state index < -0.39 is 11.9 Å². The molecule has 2 aromatic rings. The van der Waals surface area contributed by atoms with Gasteiger partial charge in [0.05, 0.1) is 31.3 Å². The predicted octanol–water partition coefficient (Wildman–Crippen LogP) is 0.507. The quantitative estimate of drug-likeness (QED) is 0.765. The van der Waals surface area contributed by atoms with Crippen LogP contribution in [0.2, 0.25) is 0 Å². The fourth-order valence-corrected chi connectivity index (χ4v) is 2.04. The second-order valence-electron chi connectivity index (χ2n) is 4.42. The highest BCUT2D eigenvalue weighted by molar-refractivity contribution is 5.78. The van der Waals surface area contributed by atoms with Gasteiger partial charge in [0.1, 0.15) is 0 Å². The zero-order valence-corrected chi connectivity index (χ0v) is 10.8. The lowest BCUT2D eigenvalue weighted by molar-refractivity contribution is -0.141. The molecule has 2 rings (SSSR count). The van der Waals surface area contributed by atoms with Crippen LogP contribution in [0.15, 0.2) is 30.5 Å². The average Bonchev–Trinajstić information content (AvgIpc) is 2.78. The van der Waals surface area contributed by atoms with Gasteiger partial charge in [0.2, 0.25) is 0 Å². The van der Waals surface area contributed by atoms with Crippen molar-refractivity contribution in [3.05, 3.63) is 30.5 Å². The molecule has 0 spiro atoms. The van der Waals surface area contributed by atoms with Crippen molar-refractivity contribution < 1.29 is 19.8 Å². The molecule has 0 aliphatic carbocycles. The molecule has 0 aliphatic rings. The molecule has 0 saturated carbocycles. The Morgan fingerprint density at radius 3 is 2.45 bits per heavy atom. The molecule has 0 unspecified atom stereocenters. The largest absolute Gasteiger partial charge is 0.480 e. The lowest BCUT2D eigenvalue weighted by Gasteiger charge is -2.17. The van der Waals surface area contributed by atoms with Crippen molar-refractivity contribution in [1.82, 2.24) is 14.7 Å².